The van der Waals surface area contributed by atoms with Crippen molar-refractivity contribution in [3.8, 4) is 5.75 Å². The van der Waals surface area contributed by atoms with Crippen LogP contribution in [0.25, 0.3) is 0 Å². The molecule has 1 N–H and O–H groups in total. The van der Waals surface area contributed by atoms with Gasteiger partial charge in [-0.2, -0.15) is 0 Å². The van der Waals surface area contributed by atoms with Gasteiger partial charge in [-0.15, -0.1) is 12.4 Å². The fourth-order valence-electron chi connectivity index (χ4n) is 4.01. The first-order valence-corrected chi connectivity index (χ1v) is 9.56. The standard InChI is InChI=1S/C22H26N2O2.ClH/c25-22(24-13-12-19-10-11-20(15-24)23-19)16-26-21-9-5-4-8-18(21)14-17-6-2-1-3-7-17;/h1-9,19-20,23H,10-16H2;1H. The van der Waals surface area contributed by atoms with Crippen LogP contribution in [-0.4, -0.2) is 42.6 Å². The minimum absolute atomic E-state index is 0. The molecule has 2 saturated heterocycles. The van der Waals surface area contributed by atoms with Gasteiger partial charge in [-0.25, -0.2) is 0 Å². The van der Waals surface area contributed by atoms with Crippen LogP contribution < -0.4 is 10.1 Å². The van der Waals surface area contributed by atoms with E-state index < -0.39 is 0 Å². The molecule has 0 radical (unpaired) electrons. The molecule has 4 rings (SSSR count). The molecule has 2 aromatic carbocycles. The summed E-state index contributed by atoms with van der Waals surface area (Å²) >= 11 is 0. The lowest BCUT2D eigenvalue weighted by Gasteiger charge is -2.24. The monoisotopic (exact) mass is 386 g/mol. The number of nitrogens with zero attached hydrogens (tertiary/aromatic N) is 1. The van der Waals surface area contributed by atoms with Crippen LogP contribution in [0.5, 0.6) is 5.75 Å². The molecule has 0 spiro atoms. The molecule has 1 amide bonds. The molecule has 0 aliphatic carbocycles. The Labute approximate surface area is 167 Å². The largest absolute Gasteiger partial charge is 0.483 e. The lowest BCUT2D eigenvalue weighted by Crippen LogP contribution is -2.41. The molecule has 0 aromatic heterocycles. The molecule has 2 bridgehead atoms. The van der Waals surface area contributed by atoms with Gasteiger partial charge in [0.1, 0.15) is 5.75 Å². The first-order chi connectivity index (χ1) is 12.8. The van der Waals surface area contributed by atoms with E-state index >= 15 is 0 Å². The van der Waals surface area contributed by atoms with Crippen LogP contribution >= 0.6 is 12.4 Å². The molecule has 0 saturated carbocycles. The summed E-state index contributed by atoms with van der Waals surface area (Å²) in [6, 6.07) is 19.4. The number of benzene rings is 2. The van der Waals surface area contributed by atoms with Gasteiger partial charge in [0.05, 0.1) is 0 Å². The zero-order chi connectivity index (χ0) is 17.8. The molecule has 2 unspecified atom stereocenters. The molecule has 2 fully saturated rings. The van der Waals surface area contributed by atoms with E-state index in [0.717, 1.165) is 37.2 Å². The Hall–Kier alpha value is -2.04. The number of para-hydroxylation sites is 1. The van der Waals surface area contributed by atoms with Crippen molar-refractivity contribution in [3.63, 3.8) is 0 Å². The molecular formula is C22H27ClN2O2. The van der Waals surface area contributed by atoms with Gasteiger partial charge in [-0.1, -0.05) is 48.5 Å². The van der Waals surface area contributed by atoms with Crippen LogP contribution in [0, 0.1) is 0 Å². The minimum atomic E-state index is 0. The molecule has 2 atom stereocenters. The second-order valence-corrected chi connectivity index (χ2v) is 7.33. The number of rotatable bonds is 5. The Morgan fingerprint density at radius 2 is 1.74 bits per heavy atom. The predicted molar refractivity (Wildman–Crippen MR) is 110 cm³/mol. The van der Waals surface area contributed by atoms with Crippen molar-refractivity contribution in [1.82, 2.24) is 10.2 Å². The molecule has 144 valence electrons. The fourth-order valence-corrected chi connectivity index (χ4v) is 4.01. The highest BCUT2D eigenvalue weighted by molar-refractivity contribution is 5.85. The third kappa shape index (κ3) is 5.02. The van der Waals surface area contributed by atoms with Crippen molar-refractivity contribution in [2.75, 3.05) is 19.7 Å². The van der Waals surface area contributed by atoms with Crippen molar-refractivity contribution in [2.45, 2.75) is 37.8 Å². The normalized spacial score (nSPS) is 21.3. The number of hydrogen-bond acceptors (Lipinski definition) is 3. The topological polar surface area (TPSA) is 41.6 Å². The van der Waals surface area contributed by atoms with Crippen LogP contribution in [0.15, 0.2) is 54.6 Å². The van der Waals surface area contributed by atoms with Gasteiger partial charge in [0.15, 0.2) is 6.61 Å². The maximum absolute atomic E-state index is 12.6. The summed E-state index contributed by atoms with van der Waals surface area (Å²) in [5.74, 6) is 0.896. The molecule has 2 aromatic rings. The summed E-state index contributed by atoms with van der Waals surface area (Å²) in [6.45, 7) is 1.76. The maximum Gasteiger partial charge on any atom is 0.260 e. The molecule has 4 nitrogen and oxygen atoms in total. The van der Waals surface area contributed by atoms with Crippen molar-refractivity contribution in [3.05, 3.63) is 65.7 Å². The zero-order valence-corrected chi connectivity index (χ0v) is 16.3. The Kier molecular flexibility index (Phi) is 6.75. The second kappa shape index (κ2) is 9.25. The number of carbonyl (C=O) groups excluding carboxylic acids is 1. The minimum Gasteiger partial charge on any atom is -0.483 e. The lowest BCUT2D eigenvalue weighted by molar-refractivity contribution is -0.133. The van der Waals surface area contributed by atoms with Crippen molar-refractivity contribution in [1.29, 1.82) is 0 Å². The predicted octanol–water partition coefficient (Wildman–Crippen LogP) is 3.43. The molecule has 2 aliphatic heterocycles. The third-order valence-corrected chi connectivity index (χ3v) is 5.44. The fraction of sp³-hybridized carbons (Fsp3) is 0.409. The quantitative estimate of drug-likeness (QED) is 0.855. The van der Waals surface area contributed by atoms with E-state index in [9.17, 15) is 4.79 Å². The highest BCUT2D eigenvalue weighted by Gasteiger charge is 2.31. The van der Waals surface area contributed by atoms with Crippen LogP contribution in [-0.2, 0) is 11.2 Å². The first kappa shape index (κ1) is 19.7. The first-order valence-electron chi connectivity index (χ1n) is 9.56. The van der Waals surface area contributed by atoms with Crippen molar-refractivity contribution >= 4 is 18.3 Å². The Morgan fingerprint density at radius 1 is 1.00 bits per heavy atom. The van der Waals surface area contributed by atoms with E-state index in [-0.39, 0.29) is 24.9 Å². The zero-order valence-electron chi connectivity index (χ0n) is 15.5. The van der Waals surface area contributed by atoms with Gasteiger partial charge in [-0.3, -0.25) is 4.79 Å². The van der Waals surface area contributed by atoms with Gasteiger partial charge in [-0.05, 0) is 36.5 Å². The van der Waals surface area contributed by atoms with Gasteiger partial charge >= 0.3 is 0 Å². The van der Waals surface area contributed by atoms with Crippen LogP contribution in [0.4, 0.5) is 0 Å². The molecule has 27 heavy (non-hydrogen) atoms. The van der Waals surface area contributed by atoms with E-state index in [1.807, 2.05) is 41.3 Å². The third-order valence-electron chi connectivity index (χ3n) is 5.44. The number of likely N-dealkylation sites (tertiary alicyclic amines) is 1. The van der Waals surface area contributed by atoms with Crippen LogP contribution in [0.2, 0.25) is 0 Å². The molecule has 2 heterocycles. The average molecular weight is 387 g/mol. The lowest BCUT2D eigenvalue weighted by atomic mass is 10.0. The van der Waals surface area contributed by atoms with E-state index in [4.69, 9.17) is 4.74 Å². The summed E-state index contributed by atoms with van der Waals surface area (Å²) in [5, 5.41) is 3.61. The Morgan fingerprint density at radius 3 is 2.59 bits per heavy atom. The maximum atomic E-state index is 12.6. The van der Waals surface area contributed by atoms with Crippen LogP contribution in [0.3, 0.4) is 0 Å². The number of carbonyl (C=O) groups is 1. The summed E-state index contributed by atoms with van der Waals surface area (Å²) in [5.41, 5.74) is 2.35. The SMILES string of the molecule is Cl.O=C(COc1ccccc1Cc1ccccc1)N1CCC2CCC(C1)N2. The van der Waals surface area contributed by atoms with E-state index in [1.165, 1.54) is 18.4 Å². The number of halogens is 1. The highest BCUT2D eigenvalue weighted by atomic mass is 35.5. The smallest absolute Gasteiger partial charge is 0.260 e. The summed E-state index contributed by atoms with van der Waals surface area (Å²) < 4.78 is 5.93. The van der Waals surface area contributed by atoms with Gasteiger partial charge in [0.25, 0.3) is 5.91 Å². The number of hydrogen-bond donors (Lipinski definition) is 1. The van der Waals surface area contributed by atoms with Gasteiger partial charge in [0.2, 0.25) is 0 Å². The highest BCUT2D eigenvalue weighted by Crippen LogP contribution is 2.23. The summed E-state index contributed by atoms with van der Waals surface area (Å²) in [4.78, 5) is 14.6. The summed E-state index contributed by atoms with van der Waals surface area (Å²) in [6.07, 6.45) is 4.28. The van der Waals surface area contributed by atoms with E-state index in [2.05, 4.69) is 23.5 Å². The van der Waals surface area contributed by atoms with E-state index in [0.29, 0.717) is 12.1 Å². The van der Waals surface area contributed by atoms with Crippen molar-refractivity contribution in [2.24, 2.45) is 0 Å². The molecular weight excluding hydrogens is 360 g/mol. The Balaban J connectivity index is 0.00000210. The number of amides is 1. The number of fused-ring (bicyclic) bond motifs is 2. The Bertz CT molecular complexity index is 753. The molecule has 2 aliphatic rings. The van der Waals surface area contributed by atoms with Crippen molar-refractivity contribution < 1.29 is 9.53 Å². The van der Waals surface area contributed by atoms with Crippen LogP contribution in [0.1, 0.15) is 30.4 Å². The number of ether oxygens (including phenoxy) is 1. The summed E-state index contributed by atoms with van der Waals surface area (Å²) in [7, 11) is 0. The number of nitrogens with one attached hydrogen (secondary N) is 1. The molecule has 5 heteroatoms. The van der Waals surface area contributed by atoms with Gasteiger partial charge < -0.3 is 15.0 Å². The second-order valence-electron chi connectivity index (χ2n) is 7.33. The van der Waals surface area contributed by atoms with E-state index in [1.54, 1.807) is 0 Å². The van der Waals surface area contributed by atoms with Gasteiger partial charge in [0, 0.05) is 31.6 Å². The average Bonchev–Trinajstić information content (AvgIpc) is 3.00.